The van der Waals surface area contributed by atoms with E-state index >= 15 is 0 Å². The van der Waals surface area contributed by atoms with Gasteiger partial charge in [-0.1, -0.05) is 0 Å². The predicted molar refractivity (Wildman–Crippen MR) is 51.7 cm³/mol. The van der Waals surface area contributed by atoms with E-state index in [1.54, 1.807) is 7.11 Å². The molecule has 1 aromatic rings. The van der Waals surface area contributed by atoms with Crippen LogP contribution < -0.4 is 5.32 Å². The predicted octanol–water partition coefficient (Wildman–Crippen LogP) is 0.542. The van der Waals surface area contributed by atoms with Crippen molar-refractivity contribution in [1.29, 1.82) is 0 Å². The molecule has 2 N–H and O–H groups in total. The second kappa shape index (κ2) is 5.29. The van der Waals surface area contributed by atoms with Gasteiger partial charge in [0.1, 0.15) is 11.1 Å². The van der Waals surface area contributed by atoms with Gasteiger partial charge in [-0.3, -0.25) is 0 Å². The first-order valence-electron chi connectivity index (χ1n) is 4.03. The number of rotatable bonds is 5. The Morgan fingerprint density at radius 1 is 1.77 bits per heavy atom. The highest BCUT2D eigenvalue weighted by molar-refractivity contribution is 7.09. The minimum absolute atomic E-state index is 0.298. The summed E-state index contributed by atoms with van der Waals surface area (Å²) < 4.78 is 4.83. The Hall–Kier alpha value is -0.490. The second-order valence-corrected chi connectivity index (χ2v) is 3.57. The standard InChI is InChI=1S/C8H14N2O2S/c1-9-3-6-5-13-8(10-6)7(11)4-12-2/h5,7,9,11H,3-4H2,1-2H3. The molecule has 0 aromatic carbocycles. The summed E-state index contributed by atoms with van der Waals surface area (Å²) in [5.41, 5.74) is 0.956. The van der Waals surface area contributed by atoms with E-state index < -0.39 is 6.10 Å². The number of ether oxygens (including phenoxy) is 1. The van der Waals surface area contributed by atoms with E-state index in [0.29, 0.717) is 11.6 Å². The Bertz CT molecular complexity index is 252. The highest BCUT2D eigenvalue weighted by Crippen LogP contribution is 2.18. The lowest BCUT2D eigenvalue weighted by Crippen LogP contribution is -2.07. The second-order valence-electron chi connectivity index (χ2n) is 2.68. The van der Waals surface area contributed by atoms with Crippen LogP contribution in [0.2, 0.25) is 0 Å². The highest BCUT2D eigenvalue weighted by atomic mass is 32.1. The first-order chi connectivity index (χ1) is 6.27. The maximum absolute atomic E-state index is 9.50. The van der Waals surface area contributed by atoms with Gasteiger partial charge in [0.2, 0.25) is 0 Å². The molecule has 0 radical (unpaired) electrons. The van der Waals surface area contributed by atoms with Crippen LogP contribution in [0.25, 0.3) is 0 Å². The van der Waals surface area contributed by atoms with E-state index in [1.165, 1.54) is 11.3 Å². The molecule has 1 atom stereocenters. The fraction of sp³-hybridized carbons (Fsp3) is 0.625. The van der Waals surface area contributed by atoms with Crippen molar-refractivity contribution in [2.45, 2.75) is 12.6 Å². The fourth-order valence-electron chi connectivity index (χ4n) is 0.967. The van der Waals surface area contributed by atoms with E-state index in [0.717, 1.165) is 12.2 Å². The van der Waals surface area contributed by atoms with Crippen molar-refractivity contribution in [3.05, 3.63) is 16.1 Å². The van der Waals surface area contributed by atoms with Crippen molar-refractivity contribution in [2.75, 3.05) is 20.8 Å². The van der Waals surface area contributed by atoms with E-state index in [2.05, 4.69) is 10.3 Å². The molecule has 0 aliphatic rings. The summed E-state index contributed by atoms with van der Waals surface area (Å²) in [5, 5.41) is 15.2. The number of methoxy groups -OCH3 is 1. The van der Waals surface area contributed by atoms with Crippen molar-refractivity contribution in [2.24, 2.45) is 0 Å². The van der Waals surface area contributed by atoms with Gasteiger partial charge in [-0.25, -0.2) is 4.98 Å². The van der Waals surface area contributed by atoms with Gasteiger partial charge in [-0.2, -0.15) is 0 Å². The van der Waals surface area contributed by atoms with Gasteiger partial charge < -0.3 is 15.2 Å². The number of hydrogen-bond acceptors (Lipinski definition) is 5. The Labute approximate surface area is 81.6 Å². The van der Waals surface area contributed by atoms with Crippen molar-refractivity contribution in [3.63, 3.8) is 0 Å². The monoisotopic (exact) mass is 202 g/mol. The SMILES string of the molecule is CNCc1csc(C(O)COC)n1. The van der Waals surface area contributed by atoms with Crippen molar-refractivity contribution >= 4 is 11.3 Å². The molecule has 0 amide bonds. The first-order valence-corrected chi connectivity index (χ1v) is 4.91. The smallest absolute Gasteiger partial charge is 0.129 e. The molecule has 1 aromatic heterocycles. The maximum atomic E-state index is 9.50. The normalized spacial score (nSPS) is 13.2. The van der Waals surface area contributed by atoms with Gasteiger partial charge in [0.05, 0.1) is 12.3 Å². The molecule has 0 fully saturated rings. The van der Waals surface area contributed by atoms with Crippen molar-refractivity contribution in [3.8, 4) is 0 Å². The molecule has 13 heavy (non-hydrogen) atoms. The van der Waals surface area contributed by atoms with Crippen LogP contribution in [0.3, 0.4) is 0 Å². The number of aliphatic hydroxyl groups excluding tert-OH is 1. The van der Waals surface area contributed by atoms with Crippen LogP contribution in [-0.4, -0.2) is 30.9 Å². The third kappa shape index (κ3) is 3.04. The number of nitrogens with one attached hydrogen (secondary N) is 1. The van der Waals surface area contributed by atoms with Gasteiger partial charge in [0, 0.05) is 19.0 Å². The summed E-state index contributed by atoms with van der Waals surface area (Å²) in [7, 11) is 3.43. The fourth-order valence-corrected chi connectivity index (χ4v) is 1.76. The summed E-state index contributed by atoms with van der Waals surface area (Å²) in [4.78, 5) is 4.24. The Morgan fingerprint density at radius 2 is 2.54 bits per heavy atom. The van der Waals surface area contributed by atoms with E-state index in [4.69, 9.17) is 4.74 Å². The average molecular weight is 202 g/mol. The zero-order valence-electron chi connectivity index (χ0n) is 7.78. The molecule has 0 saturated carbocycles. The molecule has 4 nitrogen and oxygen atoms in total. The zero-order valence-corrected chi connectivity index (χ0v) is 8.60. The van der Waals surface area contributed by atoms with Crippen LogP contribution >= 0.6 is 11.3 Å². The van der Waals surface area contributed by atoms with Crippen molar-refractivity contribution < 1.29 is 9.84 Å². The lowest BCUT2D eigenvalue weighted by molar-refractivity contribution is 0.0641. The zero-order chi connectivity index (χ0) is 9.68. The first kappa shape index (κ1) is 10.6. The molecule has 0 bridgehead atoms. The topological polar surface area (TPSA) is 54.4 Å². The van der Waals surface area contributed by atoms with Crippen molar-refractivity contribution in [1.82, 2.24) is 10.3 Å². The number of hydrogen-bond donors (Lipinski definition) is 2. The number of aliphatic hydroxyl groups is 1. The van der Waals surface area contributed by atoms with Gasteiger partial charge in [0.25, 0.3) is 0 Å². The van der Waals surface area contributed by atoms with Gasteiger partial charge >= 0.3 is 0 Å². The summed E-state index contributed by atoms with van der Waals surface area (Å²) in [6.07, 6.45) is -0.597. The minimum Gasteiger partial charge on any atom is -0.383 e. The molecule has 0 saturated heterocycles. The molecule has 0 aliphatic heterocycles. The van der Waals surface area contributed by atoms with E-state index in [9.17, 15) is 5.11 Å². The molecule has 0 spiro atoms. The molecule has 1 heterocycles. The van der Waals surface area contributed by atoms with Crippen LogP contribution in [0, 0.1) is 0 Å². The maximum Gasteiger partial charge on any atom is 0.129 e. The average Bonchev–Trinajstić information content (AvgIpc) is 2.54. The Kier molecular flexibility index (Phi) is 4.31. The largest absolute Gasteiger partial charge is 0.383 e. The summed E-state index contributed by atoms with van der Waals surface area (Å²) >= 11 is 1.46. The lowest BCUT2D eigenvalue weighted by atomic mass is 10.4. The third-order valence-corrected chi connectivity index (χ3v) is 2.53. The molecule has 5 heteroatoms. The Balaban J connectivity index is 2.56. The number of nitrogens with zero attached hydrogens (tertiary/aromatic N) is 1. The van der Waals surface area contributed by atoms with Crippen LogP contribution in [0.4, 0.5) is 0 Å². The molecular formula is C8H14N2O2S. The van der Waals surface area contributed by atoms with Crippen LogP contribution in [0.5, 0.6) is 0 Å². The minimum atomic E-state index is -0.597. The summed E-state index contributed by atoms with van der Waals surface area (Å²) in [6.45, 7) is 1.03. The van der Waals surface area contributed by atoms with Crippen LogP contribution in [0.1, 0.15) is 16.8 Å². The van der Waals surface area contributed by atoms with E-state index in [-0.39, 0.29) is 0 Å². The van der Waals surface area contributed by atoms with Gasteiger partial charge in [0.15, 0.2) is 0 Å². The summed E-state index contributed by atoms with van der Waals surface area (Å²) in [6, 6.07) is 0. The molecule has 74 valence electrons. The third-order valence-electron chi connectivity index (χ3n) is 1.54. The molecular weight excluding hydrogens is 188 g/mol. The number of thiazole rings is 1. The molecule has 1 rings (SSSR count). The van der Waals surface area contributed by atoms with Gasteiger partial charge in [-0.05, 0) is 7.05 Å². The quantitative estimate of drug-likeness (QED) is 0.732. The summed E-state index contributed by atoms with van der Waals surface area (Å²) in [5.74, 6) is 0. The highest BCUT2D eigenvalue weighted by Gasteiger charge is 2.11. The lowest BCUT2D eigenvalue weighted by Gasteiger charge is -2.04. The van der Waals surface area contributed by atoms with Crippen LogP contribution in [0.15, 0.2) is 5.38 Å². The number of aromatic nitrogens is 1. The van der Waals surface area contributed by atoms with E-state index in [1.807, 2.05) is 12.4 Å². The molecule has 0 aliphatic carbocycles. The van der Waals surface area contributed by atoms with Gasteiger partial charge in [-0.15, -0.1) is 11.3 Å². The molecule has 1 unspecified atom stereocenters. The van der Waals surface area contributed by atoms with Crippen LogP contribution in [-0.2, 0) is 11.3 Å². The Morgan fingerprint density at radius 3 is 3.15 bits per heavy atom.